The first kappa shape index (κ1) is 18.6. The van der Waals surface area contributed by atoms with Gasteiger partial charge in [0.1, 0.15) is 0 Å². The van der Waals surface area contributed by atoms with E-state index in [1.165, 1.54) is 0 Å². The second-order valence-electron chi connectivity index (χ2n) is 5.47. The fourth-order valence-electron chi connectivity index (χ4n) is 1.84. The highest BCUT2D eigenvalue weighted by Gasteiger charge is 2.11. The average Bonchev–Trinajstić information content (AvgIpc) is 2.94. The lowest BCUT2D eigenvalue weighted by atomic mass is 10.1. The molecule has 1 aromatic heterocycles. The van der Waals surface area contributed by atoms with E-state index in [9.17, 15) is 0 Å². The van der Waals surface area contributed by atoms with Crippen LogP contribution in [0.1, 0.15) is 32.2 Å². The van der Waals surface area contributed by atoms with Crippen LogP contribution in [0, 0.1) is 0 Å². The highest BCUT2D eigenvalue weighted by Crippen LogP contribution is 2.18. The molecule has 0 saturated heterocycles. The van der Waals surface area contributed by atoms with E-state index < -0.39 is 0 Å². The van der Waals surface area contributed by atoms with Gasteiger partial charge in [0.2, 0.25) is 0 Å². The van der Waals surface area contributed by atoms with E-state index in [2.05, 4.69) is 22.4 Å². The summed E-state index contributed by atoms with van der Waals surface area (Å²) in [6, 6.07) is 8.34. The van der Waals surface area contributed by atoms with Gasteiger partial charge >= 0.3 is 0 Å². The van der Waals surface area contributed by atoms with E-state index in [0.29, 0.717) is 18.5 Å². The first-order valence-corrected chi connectivity index (χ1v) is 7.29. The lowest BCUT2D eigenvalue weighted by Gasteiger charge is -2.07. The number of halogens is 1. The maximum Gasteiger partial charge on any atom is 0.257 e. The summed E-state index contributed by atoms with van der Waals surface area (Å²) in [5, 5.41) is 7.17. The zero-order valence-corrected chi connectivity index (χ0v) is 14.3. The van der Waals surface area contributed by atoms with Crippen LogP contribution < -0.4 is 5.32 Å². The van der Waals surface area contributed by atoms with Crippen LogP contribution in [0.3, 0.4) is 0 Å². The predicted molar refractivity (Wildman–Crippen MR) is 89.1 cm³/mol. The lowest BCUT2D eigenvalue weighted by molar-refractivity contribution is 0.0657. The molecule has 2 aromatic rings. The van der Waals surface area contributed by atoms with Gasteiger partial charge in [-0.15, -0.1) is 12.4 Å². The molecular weight excluding hydrogens is 302 g/mol. The number of hydrogen-bond acceptors (Lipinski definition) is 5. The van der Waals surface area contributed by atoms with Crippen molar-refractivity contribution in [1.29, 1.82) is 0 Å². The van der Waals surface area contributed by atoms with E-state index in [1.807, 2.05) is 45.2 Å². The van der Waals surface area contributed by atoms with Crippen LogP contribution in [-0.4, -0.2) is 29.3 Å². The van der Waals surface area contributed by atoms with Crippen LogP contribution >= 0.6 is 12.4 Å². The van der Waals surface area contributed by atoms with Gasteiger partial charge in [-0.25, -0.2) is 0 Å². The van der Waals surface area contributed by atoms with Gasteiger partial charge in [-0.1, -0.05) is 17.3 Å². The maximum atomic E-state index is 5.58. The Morgan fingerprint density at radius 3 is 2.45 bits per heavy atom. The van der Waals surface area contributed by atoms with Crippen molar-refractivity contribution >= 4 is 12.4 Å². The predicted octanol–water partition coefficient (Wildman–Crippen LogP) is 3.23. The molecule has 0 aliphatic carbocycles. The number of rotatable bonds is 7. The van der Waals surface area contributed by atoms with E-state index in [0.717, 1.165) is 23.4 Å². The average molecular weight is 326 g/mol. The molecule has 0 aliphatic rings. The Labute approximate surface area is 137 Å². The summed E-state index contributed by atoms with van der Waals surface area (Å²) in [4.78, 5) is 4.42. The summed E-state index contributed by atoms with van der Waals surface area (Å²) in [5.41, 5.74) is 2.06. The molecule has 1 atom stereocenters. The van der Waals surface area contributed by atoms with E-state index >= 15 is 0 Å². The monoisotopic (exact) mass is 325 g/mol. The SMILES string of the molecule is CNC(C)Cc1noc(-c2ccc(COC(C)C)cc2)n1.Cl. The number of nitrogens with one attached hydrogen (secondary N) is 1. The zero-order valence-electron chi connectivity index (χ0n) is 13.5. The minimum absolute atomic E-state index is 0. The van der Waals surface area contributed by atoms with Crippen LogP contribution in [0.4, 0.5) is 0 Å². The molecule has 6 heteroatoms. The van der Waals surface area contributed by atoms with E-state index in [1.54, 1.807) is 0 Å². The topological polar surface area (TPSA) is 60.2 Å². The normalized spacial score (nSPS) is 12.2. The van der Waals surface area contributed by atoms with Gasteiger partial charge in [0, 0.05) is 18.0 Å². The fourth-order valence-corrected chi connectivity index (χ4v) is 1.84. The van der Waals surface area contributed by atoms with Crippen molar-refractivity contribution in [1.82, 2.24) is 15.5 Å². The minimum Gasteiger partial charge on any atom is -0.374 e. The number of ether oxygens (including phenoxy) is 1. The van der Waals surface area contributed by atoms with E-state index in [-0.39, 0.29) is 18.5 Å². The Hall–Kier alpha value is -1.43. The molecule has 5 nitrogen and oxygen atoms in total. The number of benzene rings is 1. The Morgan fingerprint density at radius 1 is 1.18 bits per heavy atom. The number of likely N-dealkylation sites (N-methyl/N-ethyl adjacent to an activating group) is 1. The lowest BCUT2D eigenvalue weighted by Crippen LogP contribution is -2.24. The molecule has 0 radical (unpaired) electrons. The Kier molecular flexibility index (Phi) is 7.51. The smallest absolute Gasteiger partial charge is 0.257 e. The van der Waals surface area contributed by atoms with Crippen LogP contribution in [-0.2, 0) is 17.8 Å². The summed E-state index contributed by atoms with van der Waals surface area (Å²) in [7, 11) is 1.92. The molecule has 0 saturated carbocycles. The standard InChI is InChI=1S/C16H23N3O2.ClH/c1-11(2)20-10-13-5-7-14(8-6-13)16-18-15(19-21-16)9-12(3)17-4;/h5-8,11-12,17H,9-10H2,1-4H3;1H. The van der Waals surface area contributed by atoms with Crippen molar-refractivity contribution < 1.29 is 9.26 Å². The van der Waals surface area contributed by atoms with Crippen LogP contribution in [0.25, 0.3) is 11.5 Å². The van der Waals surface area contributed by atoms with Crippen molar-refractivity contribution in [3.05, 3.63) is 35.7 Å². The summed E-state index contributed by atoms with van der Waals surface area (Å²) in [6.45, 7) is 6.76. The molecule has 1 heterocycles. The summed E-state index contributed by atoms with van der Waals surface area (Å²) >= 11 is 0. The van der Waals surface area contributed by atoms with Crippen molar-refractivity contribution in [3.63, 3.8) is 0 Å². The largest absolute Gasteiger partial charge is 0.374 e. The summed E-state index contributed by atoms with van der Waals surface area (Å²) < 4.78 is 10.9. The van der Waals surface area contributed by atoms with Gasteiger partial charge in [0.05, 0.1) is 12.7 Å². The van der Waals surface area contributed by atoms with Crippen LogP contribution in [0.2, 0.25) is 0 Å². The van der Waals surface area contributed by atoms with Gasteiger partial charge in [0.25, 0.3) is 5.89 Å². The van der Waals surface area contributed by atoms with Gasteiger partial charge in [0.15, 0.2) is 5.82 Å². The first-order chi connectivity index (χ1) is 10.1. The summed E-state index contributed by atoms with van der Waals surface area (Å²) in [6.07, 6.45) is 0.984. The number of aromatic nitrogens is 2. The highest BCUT2D eigenvalue weighted by molar-refractivity contribution is 5.85. The molecule has 2 rings (SSSR count). The maximum absolute atomic E-state index is 5.58. The molecule has 0 fully saturated rings. The molecule has 0 spiro atoms. The third-order valence-electron chi connectivity index (χ3n) is 3.23. The quantitative estimate of drug-likeness (QED) is 0.847. The Balaban J connectivity index is 0.00000242. The molecule has 22 heavy (non-hydrogen) atoms. The second kappa shape index (κ2) is 8.88. The Bertz CT molecular complexity index is 555. The molecule has 1 unspecified atom stereocenters. The number of hydrogen-bond donors (Lipinski definition) is 1. The molecule has 122 valence electrons. The van der Waals surface area contributed by atoms with Gasteiger partial charge in [-0.05, 0) is 45.5 Å². The van der Waals surface area contributed by atoms with Gasteiger partial charge < -0.3 is 14.6 Å². The Morgan fingerprint density at radius 2 is 1.86 bits per heavy atom. The molecule has 0 bridgehead atoms. The van der Waals surface area contributed by atoms with Crippen LogP contribution in [0.15, 0.2) is 28.8 Å². The van der Waals surface area contributed by atoms with Gasteiger partial charge in [-0.2, -0.15) is 4.98 Å². The van der Waals surface area contributed by atoms with Crippen molar-refractivity contribution in [2.45, 2.75) is 45.9 Å². The van der Waals surface area contributed by atoms with E-state index in [4.69, 9.17) is 9.26 Å². The fraction of sp³-hybridized carbons (Fsp3) is 0.500. The minimum atomic E-state index is 0. The highest BCUT2D eigenvalue weighted by atomic mass is 35.5. The van der Waals surface area contributed by atoms with Gasteiger partial charge in [-0.3, -0.25) is 0 Å². The van der Waals surface area contributed by atoms with Crippen molar-refractivity contribution in [2.24, 2.45) is 0 Å². The third-order valence-corrected chi connectivity index (χ3v) is 3.23. The van der Waals surface area contributed by atoms with Crippen molar-refractivity contribution in [2.75, 3.05) is 7.05 Å². The van der Waals surface area contributed by atoms with Crippen molar-refractivity contribution in [3.8, 4) is 11.5 Å². The zero-order chi connectivity index (χ0) is 15.2. The molecular formula is C16H24ClN3O2. The number of nitrogens with zero attached hydrogens (tertiary/aromatic N) is 2. The third kappa shape index (κ3) is 5.40. The first-order valence-electron chi connectivity index (χ1n) is 7.29. The molecule has 1 N–H and O–H groups in total. The molecule has 0 aliphatic heterocycles. The second-order valence-corrected chi connectivity index (χ2v) is 5.47. The molecule has 0 amide bonds. The van der Waals surface area contributed by atoms with Crippen LogP contribution in [0.5, 0.6) is 0 Å². The molecule has 1 aromatic carbocycles. The summed E-state index contributed by atoms with van der Waals surface area (Å²) in [5.74, 6) is 1.28.